The smallest absolute Gasteiger partial charge is 0.232 e. The number of nitrogens with zero attached hydrogens (tertiary/aromatic N) is 2. The molecule has 1 aromatic carbocycles. The third-order valence-corrected chi connectivity index (χ3v) is 4.92. The Kier molecular flexibility index (Phi) is 5.08. The number of sulfonamides is 1. The van der Waals surface area contributed by atoms with E-state index in [9.17, 15) is 8.42 Å². The van der Waals surface area contributed by atoms with Crippen LogP contribution in [-0.2, 0) is 10.0 Å². The van der Waals surface area contributed by atoms with Gasteiger partial charge in [0.05, 0.1) is 18.6 Å². The normalized spacial score (nSPS) is 11.2. The number of benzene rings is 1. The van der Waals surface area contributed by atoms with E-state index in [1.54, 1.807) is 32.2 Å². The maximum atomic E-state index is 11.6. The minimum atomic E-state index is -3.28. The Morgan fingerprint density at radius 1 is 1.12 bits per heavy atom. The molecule has 0 bridgehead atoms. The number of anilines is 3. The summed E-state index contributed by atoms with van der Waals surface area (Å²) >= 11 is 0. The molecule has 3 rings (SSSR count). The molecule has 0 aliphatic rings. The molecule has 0 fully saturated rings. The van der Waals surface area contributed by atoms with Crippen LogP contribution in [0.25, 0.3) is 11.3 Å². The van der Waals surface area contributed by atoms with Gasteiger partial charge in [-0.1, -0.05) is 18.2 Å². The molecular weight excluding hydrogens is 354 g/mol. The average molecular weight is 373 g/mol. The van der Waals surface area contributed by atoms with Gasteiger partial charge >= 0.3 is 0 Å². The monoisotopic (exact) mass is 373 g/mol. The quantitative estimate of drug-likeness (QED) is 0.587. The van der Waals surface area contributed by atoms with E-state index in [2.05, 4.69) is 25.2 Å². The van der Waals surface area contributed by atoms with Crippen LogP contribution in [0.5, 0.6) is 5.88 Å². The Balaban J connectivity index is 1.73. The lowest BCUT2D eigenvalue weighted by Gasteiger charge is -2.06. The van der Waals surface area contributed by atoms with Gasteiger partial charge in [0, 0.05) is 17.8 Å². The lowest BCUT2D eigenvalue weighted by molar-refractivity contribution is 0.398. The van der Waals surface area contributed by atoms with Crippen molar-refractivity contribution in [3.63, 3.8) is 0 Å². The SMILES string of the molecule is CCS(=O)(=O)Nc1ccc(-c2cc(Nc3cccc(OC)n3)n[nH]2)cc1. The number of hydrogen-bond acceptors (Lipinski definition) is 6. The molecule has 2 heterocycles. The second-order valence-electron chi connectivity index (χ2n) is 5.44. The van der Waals surface area contributed by atoms with E-state index in [0.29, 0.717) is 23.2 Å². The second-order valence-corrected chi connectivity index (χ2v) is 7.45. The van der Waals surface area contributed by atoms with Gasteiger partial charge < -0.3 is 10.1 Å². The predicted molar refractivity (Wildman–Crippen MR) is 101 cm³/mol. The number of methoxy groups -OCH3 is 1. The summed E-state index contributed by atoms with van der Waals surface area (Å²) in [6.07, 6.45) is 0. The van der Waals surface area contributed by atoms with Crippen molar-refractivity contribution in [2.75, 3.05) is 22.9 Å². The lowest BCUT2D eigenvalue weighted by Crippen LogP contribution is -2.14. The van der Waals surface area contributed by atoms with Crippen molar-refractivity contribution in [1.29, 1.82) is 0 Å². The second kappa shape index (κ2) is 7.44. The highest BCUT2D eigenvalue weighted by Crippen LogP contribution is 2.24. The first-order valence-electron chi connectivity index (χ1n) is 7.93. The number of aromatic amines is 1. The predicted octanol–water partition coefficient (Wildman–Crippen LogP) is 2.99. The Hall–Kier alpha value is -3.07. The van der Waals surface area contributed by atoms with Crippen LogP contribution in [0.2, 0.25) is 0 Å². The molecule has 0 radical (unpaired) electrons. The summed E-state index contributed by atoms with van der Waals surface area (Å²) in [5.74, 6) is 1.77. The van der Waals surface area contributed by atoms with Crippen molar-refractivity contribution in [1.82, 2.24) is 15.2 Å². The van der Waals surface area contributed by atoms with E-state index in [1.807, 2.05) is 30.3 Å². The highest BCUT2D eigenvalue weighted by atomic mass is 32.2. The van der Waals surface area contributed by atoms with Crippen molar-refractivity contribution in [3.05, 3.63) is 48.5 Å². The molecule has 0 unspecified atom stereocenters. The molecule has 26 heavy (non-hydrogen) atoms. The van der Waals surface area contributed by atoms with E-state index in [0.717, 1.165) is 11.3 Å². The Morgan fingerprint density at radius 3 is 2.58 bits per heavy atom. The van der Waals surface area contributed by atoms with Gasteiger partial charge in [-0.3, -0.25) is 9.82 Å². The van der Waals surface area contributed by atoms with Gasteiger partial charge in [-0.05, 0) is 30.7 Å². The van der Waals surface area contributed by atoms with Gasteiger partial charge in [-0.25, -0.2) is 8.42 Å². The summed E-state index contributed by atoms with van der Waals surface area (Å²) in [7, 11) is -1.73. The highest BCUT2D eigenvalue weighted by Gasteiger charge is 2.08. The molecule has 0 amide bonds. The number of H-pyrrole nitrogens is 1. The first-order chi connectivity index (χ1) is 12.5. The van der Waals surface area contributed by atoms with Crippen LogP contribution >= 0.6 is 0 Å². The van der Waals surface area contributed by atoms with Gasteiger partial charge in [0.1, 0.15) is 5.82 Å². The third-order valence-electron chi connectivity index (χ3n) is 3.62. The van der Waals surface area contributed by atoms with Crippen LogP contribution in [0.3, 0.4) is 0 Å². The summed E-state index contributed by atoms with van der Waals surface area (Å²) in [5.41, 5.74) is 2.19. The van der Waals surface area contributed by atoms with Crippen LogP contribution < -0.4 is 14.8 Å². The van der Waals surface area contributed by atoms with Crippen molar-refractivity contribution >= 4 is 27.3 Å². The molecule has 9 heteroatoms. The first-order valence-corrected chi connectivity index (χ1v) is 9.59. The number of nitrogens with one attached hydrogen (secondary N) is 3. The van der Waals surface area contributed by atoms with Crippen LogP contribution in [-0.4, -0.2) is 36.5 Å². The van der Waals surface area contributed by atoms with Crippen molar-refractivity contribution < 1.29 is 13.2 Å². The van der Waals surface area contributed by atoms with Crippen molar-refractivity contribution in [2.24, 2.45) is 0 Å². The van der Waals surface area contributed by atoms with Crippen LogP contribution in [0.15, 0.2) is 48.5 Å². The van der Waals surface area contributed by atoms with E-state index in [-0.39, 0.29) is 5.75 Å². The van der Waals surface area contributed by atoms with E-state index >= 15 is 0 Å². The molecule has 0 atom stereocenters. The third kappa shape index (κ3) is 4.31. The zero-order valence-corrected chi connectivity index (χ0v) is 15.2. The standard InChI is InChI=1S/C17H19N5O3S/c1-3-26(23,24)22-13-9-7-12(8-10-13)14-11-16(21-20-14)18-15-5-4-6-17(19-15)25-2/h4-11,22H,3H2,1-2H3,(H2,18,19,20,21). The first kappa shape index (κ1) is 17.7. The molecule has 0 saturated carbocycles. The van der Waals surface area contributed by atoms with Gasteiger partial charge in [0.15, 0.2) is 5.82 Å². The van der Waals surface area contributed by atoms with Gasteiger partial charge in [0.25, 0.3) is 0 Å². The minimum Gasteiger partial charge on any atom is -0.481 e. The van der Waals surface area contributed by atoms with Crippen LogP contribution in [0.4, 0.5) is 17.3 Å². The lowest BCUT2D eigenvalue weighted by atomic mass is 10.1. The fourth-order valence-corrected chi connectivity index (χ4v) is 2.87. The number of rotatable bonds is 7. The molecule has 0 aliphatic heterocycles. The molecule has 136 valence electrons. The summed E-state index contributed by atoms with van der Waals surface area (Å²) in [4.78, 5) is 4.27. The van der Waals surface area contributed by atoms with Crippen molar-refractivity contribution in [3.8, 4) is 17.1 Å². The van der Waals surface area contributed by atoms with Gasteiger partial charge in [-0.15, -0.1) is 0 Å². The largest absolute Gasteiger partial charge is 0.481 e. The number of aromatic nitrogens is 3. The maximum Gasteiger partial charge on any atom is 0.232 e. The molecule has 0 aliphatic carbocycles. The Bertz CT molecular complexity index is 984. The fourth-order valence-electron chi connectivity index (χ4n) is 2.23. The number of pyridine rings is 1. The minimum absolute atomic E-state index is 0.0304. The molecule has 3 N–H and O–H groups in total. The summed E-state index contributed by atoms with van der Waals surface area (Å²) in [6, 6.07) is 14.3. The molecule has 0 saturated heterocycles. The fraction of sp³-hybridized carbons (Fsp3) is 0.176. The van der Waals surface area contributed by atoms with E-state index < -0.39 is 10.0 Å². The average Bonchev–Trinajstić information content (AvgIpc) is 3.10. The van der Waals surface area contributed by atoms with E-state index in [4.69, 9.17) is 4.74 Å². The zero-order chi connectivity index (χ0) is 18.6. The summed E-state index contributed by atoms with van der Waals surface area (Å²) in [6.45, 7) is 1.59. The number of hydrogen-bond donors (Lipinski definition) is 3. The Morgan fingerprint density at radius 2 is 1.88 bits per heavy atom. The summed E-state index contributed by atoms with van der Waals surface area (Å²) < 4.78 is 30.8. The van der Waals surface area contributed by atoms with Crippen LogP contribution in [0, 0.1) is 0 Å². The number of ether oxygens (including phenoxy) is 1. The molecule has 2 aromatic heterocycles. The van der Waals surface area contributed by atoms with Crippen LogP contribution in [0.1, 0.15) is 6.92 Å². The molecule has 8 nitrogen and oxygen atoms in total. The molecule has 0 spiro atoms. The van der Waals surface area contributed by atoms with E-state index in [1.165, 1.54) is 0 Å². The molecular formula is C17H19N5O3S. The summed E-state index contributed by atoms with van der Waals surface area (Å²) in [5, 5.41) is 10.2. The topological polar surface area (TPSA) is 109 Å². The van der Waals surface area contributed by atoms with Gasteiger partial charge in [0.2, 0.25) is 15.9 Å². The zero-order valence-electron chi connectivity index (χ0n) is 14.4. The highest BCUT2D eigenvalue weighted by molar-refractivity contribution is 7.92. The maximum absolute atomic E-state index is 11.6. The van der Waals surface area contributed by atoms with Crippen molar-refractivity contribution in [2.45, 2.75) is 6.92 Å². The Labute approximate surface area is 151 Å². The molecule has 3 aromatic rings. The van der Waals surface area contributed by atoms with Gasteiger partial charge in [-0.2, -0.15) is 10.1 Å².